The van der Waals surface area contributed by atoms with Gasteiger partial charge in [-0.2, -0.15) is 0 Å². The molecule has 0 aromatic heterocycles. The topological polar surface area (TPSA) is 72.2 Å². The maximum Gasteiger partial charge on any atom is 0.243 e. The molecule has 0 heterocycles. The minimum atomic E-state index is -4.07. The second kappa shape index (κ2) is 5.00. The first-order valence-corrected chi connectivity index (χ1v) is 8.54. The number of hydrogen-bond donors (Lipinski definition) is 2. The second-order valence-electron chi connectivity index (χ2n) is 6.06. The molecule has 3 rings (SSSR count). The number of halogens is 2. The summed E-state index contributed by atoms with van der Waals surface area (Å²) in [4.78, 5) is -0.658. The minimum absolute atomic E-state index is 0.0492. The van der Waals surface area contributed by atoms with Gasteiger partial charge in [-0.25, -0.2) is 21.9 Å². The summed E-state index contributed by atoms with van der Waals surface area (Å²) in [7, 11) is -4.07. The highest BCUT2D eigenvalue weighted by Gasteiger charge is 2.53. The molecule has 0 spiro atoms. The van der Waals surface area contributed by atoms with E-state index in [4.69, 9.17) is 5.73 Å². The lowest BCUT2D eigenvalue weighted by Crippen LogP contribution is -2.32. The maximum absolute atomic E-state index is 13.8. The number of rotatable bonds is 6. The van der Waals surface area contributed by atoms with Crippen LogP contribution >= 0.6 is 0 Å². The van der Waals surface area contributed by atoms with E-state index >= 15 is 0 Å². The molecule has 0 aliphatic heterocycles. The van der Waals surface area contributed by atoms with Crippen molar-refractivity contribution in [1.82, 2.24) is 4.72 Å². The van der Waals surface area contributed by atoms with E-state index in [2.05, 4.69) is 4.72 Å². The van der Waals surface area contributed by atoms with Gasteiger partial charge in [0.15, 0.2) is 11.6 Å². The van der Waals surface area contributed by atoms with E-state index in [0.717, 1.165) is 37.8 Å². The molecule has 2 aliphatic carbocycles. The summed E-state index contributed by atoms with van der Waals surface area (Å²) in [6, 6.07) is 2.01. The van der Waals surface area contributed by atoms with Crippen molar-refractivity contribution in [2.45, 2.75) is 37.1 Å². The Bertz CT molecular complexity index is 668. The fourth-order valence-corrected chi connectivity index (χ4v) is 4.11. The summed E-state index contributed by atoms with van der Waals surface area (Å²) >= 11 is 0. The van der Waals surface area contributed by atoms with Gasteiger partial charge in [0.25, 0.3) is 0 Å². The Balaban J connectivity index is 1.82. The Kier molecular flexibility index (Phi) is 3.54. The zero-order valence-electron chi connectivity index (χ0n) is 11.5. The molecule has 0 bridgehead atoms. The predicted octanol–water partition coefficient (Wildman–Crippen LogP) is 1.89. The van der Waals surface area contributed by atoms with Gasteiger partial charge in [-0.1, -0.05) is 0 Å². The second-order valence-corrected chi connectivity index (χ2v) is 7.79. The monoisotopic (exact) mass is 316 g/mol. The highest BCUT2D eigenvalue weighted by atomic mass is 32.2. The molecule has 2 saturated carbocycles. The SMILES string of the molecule is NCc1cc(F)c(F)c(S(=O)(=O)NCC2(C3CC3)CC2)c1. The largest absolute Gasteiger partial charge is 0.326 e. The summed E-state index contributed by atoms with van der Waals surface area (Å²) < 4.78 is 54.2. The van der Waals surface area contributed by atoms with Crippen LogP contribution in [0, 0.1) is 23.0 Å². The highest BCUT2D eigenvalue weighted by Crippen LogP contribution is 2.60. The highest BCUT2D eigenvalue weighted by molar-refractivity contribution is 7.89. The fourth-order valence-electron chi connectivity index (χ4n) is 2.83. The Morgan fingerprint density at radius 2 is 1.95 bits per heavy atom. The van der Waals surface area contributed by atoms with Gasteiger partial charge in [-0.3, -0.25) is 0 Å². The summed E-state index contributed by atoms with van der Waals surface area (Å²) in [6.45, 7) is 0.250. The minimum Gasteiger partial charge on any atom is -0.326 e. The molecule has 0 atom stereocenters. The van der Waals surface area contributed by atoms with Crippen molar-refractivity contribution in [3.63, 3.8) is 0 Å². The van der Waals surface area contributed by atoms with Gasteiger partial charge in [0.2, 0.25) is 10.0 Å². The Morgan fingerprint density at radius 3 is 2.48 bits per heavy atom. The van der Waals surface area contributed by atoms with Crippen LogP contribution in [0.3, 0.4) is 0 Å². The summed E-state index contributed by atoms with van der Waals surface area (Å²) in [5.74, 6) is -1.96. The molecule has 1 aromatic rings. The predicted molar refractivity (Wildman–Crippen MR) is 73.8 cm³/mol. The maximum atomic E-state index is 13.8. The zero-order chi connectivity index (χ0) is 15.3. The average Bonchev–Trinajstić information content (AvgIpc) is 3.31. The fraction of sp³-hybridized carbons (Fsp3) is 0.571. The van der Waals surface area contributed by atoms with E-state index in [1.165, 1.54) is 0 Å². The van der Waals surface area contributed by atoms with Crippen LogP contribution in [0.1, 0.15) is 31.2 Å². The normalized spacial score (nSPS) is 20.5. The lowest BCUT2D eigenvalue weighted by Gasteiger charge is -2.16. The van der Waals surface area contributed by atoms with E-state index in [-0.39, 0.29) is 17.5 Å². The lowest BCUT2D eigenvalue weighted by atomic mass is 10.0. The van der Waals surface area contributed by atoms with Gasteiger partial charge in [0.05, 0.1) is 0 Å². The van der Waals surface area contributed by atoms with Crippen molar-refractivity contribution in [1.29, 1.82) is 0 Å². The van der Waals surface area contributed by atoms with Crippen molar-refractivity contribution in [3.8, 4) is 0 Å². The molecule has 2 aliphatic rings. The van der Waals surface area contributed by atoms with E-state index < -0.39 is 26.6 Å². The lowest BCUT2D eigenvalue weighted by molar-refractivity contribution is 0.429. The molecule has 0 saturated heterocycles. The first kappa shape index (κ1) is 14.9. The third kappa shape index (κ3) is 2.82. The van der Waals surface area contributed by atoms with E-state index in [0.29, 0.717) is 12.5 Å². The van der Waals surface area contributed by atoms with Crippen LogP contribution < -0.4 is 10.5 Å². The third-order valence-corrected chi connectivity index (χ3v) is 5.93. The van der Waals surface area contributed by atoms with Gasteiger partial charge in [0.1, 0.15) is 4.90 Å². The van der Waals surface area contributed by atoms with Crippen LogP contribution in [-0.2, 0) is 16.6 Å². The summed E-state index contributed by atoms with van der Waals surface area (Å²) in [6.07, 6.45) is 4.26. The van der Waals surface area contributed by atoms with Gasteiger partial charge >= 0.3 is 0 Å². The van der Waals surface area contributed by atoms with Crippen LogP contribution in [-0.4, -0.2) is 15.0 Å². The van der Waals surface area contributed by atoms with Crippen molar-refractivity contribution < 1.29 is 17.2 Å². The molecule has 0 unspecified atom stereocenters. The molecule has 0 amide bonds. The van der Waals surface area contributed by atoms with Crippen LogP contribution in [0.5, 0.6) is 0 Å². The first-order chi connectivity index (χ1) is 9.88. The quantitative estimate of drug-likeness (QED) is 0.842. The van der Waals surface area contributed by atoms with E-state index in [1.807, 2.05) is 0 Å². The number of nitrogens with one attached hydrogen (secondary N) is 1. The van der Waals surface area contributed by atoms with Gasteiger partial charge in [0, 0.05) is 13.1 Å². The Labute approximate surface area is 122 Å². The number of benzene rings is 1. The molecule has 116 valence electrons. The number of sulfonamides is 1. The molecule has 0 radical (unpaired) electrons. The van der Waals surface area contributed by atoms with E-state index in [1.54, 1.807) is 0 Å². The average molecular weight is 316 g/mol. The van der Waals surface area contributed by atoms with Gasteiger partial charge in [-0.15, -0.1) is 0 Å². The van der Waals surface area contributed by atoms with Crippen LogP contribution in [0.4, 0.5) is 8.78 Å². The van der Waals surface area contributed by atoms with E-state index in [9.17, 15) is 17.2 Å². The van der Waals surface area contributed by atoms with Gasteiger partial charge < -0.3 is 5.73 Å². The molecule has 7 heteroatoms. The molecule has 3 N–H and O–H groups in total. The number of nitrogens with two attached hydrogens (primary N) is 1. The van der Waals surface area contributed by atoms with Crippen LogP contribution in [0.15, 0.2) is 17.0 Å². The van der Waals surface area contributed by atoms with Crippen LogP contribution in [0.25, 0.3) is 0 Å². The summed E-state index contributed by atoms with van der Waals surface area (Å²) in [5.41, 5.74) is 5.67. The molecule has 21 heavy (non-hydrogen) atoms. The molecule has 2 fully saturated rings. The molecule has 1 aromatic carbocycles. The molecule has 4 nitrogen and oxygen atoms in total. The van der Waals surface area contributed by atoms with Crippen molar-refractivity contribution in [2.75, 3.05) is 6.54 Å². The Morgan fingerprint density at radius 1 is 1.29 bits per heavy atom. The van der Waals surface area contributed by atoms with Crippen LogP contribution in [0.2, 0.25) is 0 Å². The zero-order valence-corrected chi connectivity index (χ0v) is 12.3. The smallest absolute Gasteiger partial charge is 0.243 e. The molecular formula is C14H18F2N2O2S. The Hall–Kier alpha value is -1.05. The first-order valence-electron chi connectivity index (χ1n) is 7.06. The summed E-state index contributed by atoms with van der Waals surface area (Å²) in [5, 5.41) is 0. The molecular weight excluding hydrogens is 298 g/mol. The van der Waals surface area contributed by atoms with Crippen molar-refractivity contribution in [3.05, 3.63) is 29.3 Å². The third-order valence-electron chi connectivity index (χ3n) is 4.53. The number of hydrogen-bond acceptors (Lipinski definition) is 3. The standard InChI is InChI=1S/C14H18F2N2O2S/c15-11-5-9(7-17)6-12(13(11)16)21(19,20)18-8-14(3-4-14)10-1-2-10/h5-6,10,18H,1-4,7-8,17H2. The van der Waals surface area contributed by atoms with Crippen molar-refractivity contribution in [2.24, 2.45) is 17.1 Å². The van der Waals surface area contributed by atoms with Crippen molar-refractivity contribution >= 4 is 10.0 Å². The van der Waals surface area contributed by atoms with Gasteiger partial charge in [-0.05, 0) is 54.7 Å².